The van der Waals surface area contributed by atoms with E-state index in [-0.39, 0.29) is 0 Å². The van der Waals surface area contributed by atoms with Gasteiger partial charge in [-0.15, -0.1) is 0 Å². The highest BCUT2D eigenvalue weighted by atomic mass is 79.9. The Labute approximate surface area is 96.5 Å². The molecule has 0 spiro atoms. The molecule has 1 unspecified atom stereocenters. The molecule has 3 nitrogen and oxygen atoms in total. The smallest absolute Gasteiger partial charge is 0.0986 e. The van der Waals surface area contributed by atoms with Gasteiger partial charge in [-0.3, -0.25) is 4.68 Å². The average Bonchev–Trinajstić information content (AvgIpc) is 2.70. The van der Waals surface area contributed by atoms with E-state index in [1.807, 2.05) is 36.5 Å². The van der Waals surface area contributed by atoms with Gasteiger partial charge in [0.05, 0.1) is 12.6 Å². The zero-order valence-corrected chi connectivity index (χ0v) is 9.63. The minimum absolute atomic E-state index is 0.476. The molecule has 1 atom stereocenters. The van der Waals surface area contributed by atoms with E-state index in [0.29, 0.717) is 6.54 Å². The maximum absolute atomic E-state index is 9.94. The van der Waals surface area contributed by atoms with Crippen molar-refractivity contribution in [2.75, 3.05) is 0 Å². The van der Waals surface area contributed by atoms with E-state index in [1.54, 1.807) is 10.9 Å². The zero-order valence-electron chi connectivity index (χ0n) is 8.05. The van der Waals surface area contributed by atoms with Crippen LogP contribution in [0.3, 0.4) is 0 Å². The number of aromatic nitrogens is 2. The minimum Gasteiger partial charge on any atom is -0.386 e. The summed E-state index contributed by atoms with van der Waals surface area (Å²) in [6, 6.07) is 9.50. The van der Waals surface area contributed by atoms with E-state index in [1.165, 1.54) is 0 Å². The summed E-state index contributed by atoms with van der Waals surface area (Å²) in [5, 5.41) is 14.0. The van der Waals surface area contributed by atoms with Gasteiger partial charge < -0.3 is 5.11 Å². The van der Waals surface area contributed by atoms with Crippen LogP contribution in [0, 0.1) is 0 Å². The Morgan fingerprint density at radius 1 is 1.40 bits per heavy atom. The van der Waals surface area contributed by atoms with Crippen molar-refractivity contribution in [1.29, 1.82) is 0 Å². The zero-order chi connectivity index (χ0) is 10.7. The van der Waals surface area contributed by atoms with Crippen molar-refractivity contribution in [3.05, 3.63) is 52.8 Å². The first-order valence-electron chi connectivity index (χ1n) is 4.66. The lowest BCUT2D eigenvalue weighted by Gasteiger charge is -2.11. The summed E-state index contributed by atoms with van der Waals surface area (Å²) in [5.74, 6) is 0. The van der Waals surface area contributed by atoms with Crippen molar-refractivity contribution >= 4 is 15.9 Å². The quantitative estimate of drug-likeness (QED) is 0.927. The number of rotatable bonds is 3. The second-order valence-electron chi connectivity index (χ2n) is 3.30. The van der Waals surface area contributed by atoms with Crippen LogP contribution in [0.5, 0.6) is 0 Å². The van der Waals surface area contributed by atoms with Gasteiger partial charge in [-0.2, -0.15) is 5.10 Å². The van der Waals surface area contributed by atoms with Crippen molar-refractivity contribution in [2.45, 2.75) is 12.6 Å². The number of hydrogen-bond acceptors (Lipinski definition) is 2. The number of benzene rings is 1. The van der Waals surface area contributed by atoms with Crippen molar-refractivity contribution in [3.8, 4) is 0 Å². The highest BCUT2D eigenvalue weighted by Crippen LogP contribution is 2.19. The molecule has 0 amide bonds. The summed E-state index contributed by atoms with van der Waals surface area (Å²) in [6.45, 7) is 0.476. The Bertz CT molecular complexity index is 428. The number of nitrogens with zero attached hydrogens (tertiary/aromatic N) is 2. The molecule has 15 heavy (non-hydrogen) atoms. The molecule has 0 bridgehead atoms. The lowest BCUT2D eigenvalue weighted by molar-refractivity contribution is 0.151. The van der Waals surface area contributed by atoms with Gasteiger partial charge in [0, 0.05) is 16.9 Å². The Morgan fingerprint density at radius 3 is 2.93 bits per heavy atom. The lowest BCUT2D eigenvalue weighted by atomic mass is 10.1. The van der Waals surface area contributed by atoms with Crippen LogP contribution >= 0.6 is 15.9 Å². The predicted molar refractivity (Wildman–Crippen MR) is 61.3 cm³/mol. The largest absolute Gasteiger partial charge is 0.386 e. The molecule has 0 saturated heterocycles. The molecule has 0 saturated carbocycles. The van der Waals surface area contributed by atoms with E-state index in [0.717, 1.165) is 10.0 Å². The number of aliphatic hydroxyl groups is 1. The molecule has 1 aromatic carbocycles. The molecule has 4 heteroatoms. The molecular formula is C11H11BrN2O. The lowest BCUT2D eigenvalue weighted by Crippen LogP contribution is -2.08. The van der Waals surface area contributed by atoms with Gasteiger partial charge in [-0.05, 0) is 23.8 Å². The Balaban J connectivity index is 2.11. The molecule has 2 aromatic rings. The van der Waals surface area contributed by atoms with Crippen molar-refractivity contribution in [1.82, 2.24) is 9.78 Å². The van der Waals surface area contributed by atoms with Gasteiger partial charge in [-0.25, -0.2) is 0 Å². The first-order chi connectivity index (χ1) is 7.25. The molecule has 0 radical (unpaired) electrons. The molecular weight excluding hydrogens is 256 g/mol. The van der Waals surface area contributed by atoms with Gasteiger partial charge in [0.25, 0.3) is 0 Å². The molecule has 2 rings (SSSR count). The van der Waals surface area contributed by atoms with Gasteiger partial charge in [-0.1, -0.05) is 28.1 Å². The first kappa shape index (κ1) is 10.4. The van der Waals surface area contributed by atoms with E-state index < -0.39 is 6.10 Å². The van der Waals surface area contributed by atoms with Crippen LogP contribution in [0.25, 0.3) is 0 Å². The van der Waals surface area contributed by atoms with Crippen molar-refractivity contribution < 1.29 is 5.11 Å². The van der Waals surface area contributed by atoms with Gasteiger partial charge in [0.1, 0.15) is 0 Å². The number of hydrogen-bond donors (Lipinski definition) is 1. The van der Waals surface area contributed by atoms with E-state index >= 15 is 0 Å². The Hall–Kier alpha value is -1.13. The predicted octanol–water partition coefficient (Wildman–Crippen LogP) is 2.38. The maximum atomic E-state index is 9.94. The number of halogens is 1. The van der Waals surface area contributed by atoms with Crippen LogP contribution in [0.2, 0.25) is 0 Å². The van der Waals surface area contributed by atoms with Crippen LogP contribution in [-0.2, 0) is 6.54 Å². The third kappa shape index (κ3) is 2.67. The van der Waals surface area contributed by atoms with Gasteiger partial charge in [0.2, 0.25) is 0 Å². The Morgan fingerprint density at radius 2 is 2.27 bits per heavy atom. The molecule has 1 aromatic heterocycles. The summed E-state index contributed by atoms with van der Waals surface area (Å²) in [5.41, 5.74) is 0.889. The molecule has 0 aliphatic carbocycles. The minimum atomic E-state index is -0.526. The number of aliphatic hydroxyl groups excluding tert-OH is 1. The summed E-state index contributed by atoms with van der Waals surface area (Å²) in [4.78, 5) is 0. The molecule has 78 valence electrons. The fraction of sp³-hybridized carbons (Fsp3) is 0.182. The van der Waals surface area contributed by atoms with Crippen molar-refractivity contribution in [3.63, 3.8) is 0 Å². The summed E-state index contributed by atoms with van der Waals surface area (Å²) >= 11 is 3.37. The van der Waals surface area contributed by atoms with Crippen LogP contribution in [0.15, 0.2) is 47.2 Å². The second kappa shape index (κ2) is 4.59. The van der Waals surface area contributed by atoms with Crippen molar-refractivity contribution in [2.24, 2.45) is 0 Å². The van der Waals surface area contributed by atoms with Gasteiger partial charge in [0.15, 0.2) is 0 Å². The first-order valence-corrected chi connectivity index (χ1v) is 5.46. The highest BCUT2D eigenvalue weighted by molar-refractivity contribution is 9.10. The highest BCUT2D eigenvalue weighted by Gasteiger charge is 2.08. The maximum Gasteiger partial charge on any atom is 0.0986 e. The molecule has 0 aliphatic heterocycles. The molecule has 1 N–H and O–H groups in total. The third-order valence-electron chi connectivity index (χ3n) is 2.15. The van der Waals surface area contributed by atoms with Crippen LogP contribution in [0.1, 0.15) is 11.7 Å². The van der Waals surface area contributed by atoms with E-state index in [4.69, 9.17) is 0 Å². The van der Waals surface area contributed by atoms with E-state index in [2.05, 4.69) is 21.0 Å². The summed E-state index contributed by atoms with van der Waals surface area (Å²) in [6.07, 6.45) is 3.01. The van der Waals surface area contributed by atoms with Crippen LogP contribution < -0.4 is 0 Å². The normalized spacial score (nSPS) is 12.7. The van der Waals surface area contributed by atoms with Crippen LogP contribution in [-0.4, -0.2) is 14.9 Å². The Kier molecular flexibility index (Phi) is 3.18. The topological polar surface area (TPSA) is 38.0 Å². The molecule has 0 fully saturated rings. The standard InChI is InChI=1S/C11H11BrN2O/c12-10-4-1-3-9(7-10)11(15)8-14-6-2-5-13-14/h1-7,11,15H,8H2. The third-order valence-corrected chi connectivity index (χ3v) is 2.65. The second-order valence-corrected chi connectivity index (χ2v) is 4.21. The summed E-state index contributed by atoms with van der Waals surface area (Å²) < 4.78 is 2.69. The van der Waals surface area contributed by atoms with Gasteiger partial charge >= 0.3 is 0 Å². The van der Waals surface area contributed by atoms with Crippen LogP contribution in [0.4, 0.5) is 0 Å². The fourth-order valence-electron chi connectivity index (χ4n) is 1.40. The van der Waals surface area contributed by atoms with E-state index in [9.17, 15) is 5.11 Å². The SMILES string of the molecule is OC(Cn1cccn1)c1cccc(Br)c1. The molecule has 0 aliphatic rings. The fourth-order valence-corrected chi connectivity index (χ4v) is 1.82. The average molecular weight is 267 g/mol. The monoisotopic (exact) mass is 266 g/mol. The summed E-state index contributed by atoms with van der Waals surface area (Å²) in [7, 11) is 0. The molecule has 1 heterocycles.